The molecule has 1 aliphatic rings. The molecule has 0 N–H and O–H groups in total. The second-order valence-corrected chi connectivity index (χ2v) is 9.56. The van der Waals surface area contributed by atoms with Crippen molar-refractivity contribution in [3.8, 4) is 22.8 Å². The van der Waals surface area contributed by atoms with Gasteiger partial charge in [-0.15, -0.1) is 0 Å². The van der Waals surface area contributed by atoms with Crippen LogP contribution >= 0.6 is 0 Å². The molecule has 0 unspecified atom stereocenters. The Morgan fingerprint density at radius 1 is 1.00 bits per heavy atom. The molecule has 2 aromatic carbocycles. The predicted molar refractivity (Wildman–Crippen MR) is 131 cm³/mol. The molecule has 3 aromatic rings. The summed E-state index contributed by atoms with van der Waals surface area (Å²) in [6, 6.07) is 19.0. The number of nitrogens with zero attached hydrogens (tertiary/aromatic N) is 3. The zero-order chi connectivity index (χ0) is 24.3. The molecule has 1 fully saturated rings. The van der Waals surface area contributed by atoms with E-state index in [9.17, 15) is 9.59 Å². The summed E-state index contributed by atoms with van der Waals surface area (Å²) in [5.74, 6) is 1.50. The molecular weight excluding hydrogens is 430 g/mol. The van der Waals surface area contributed by atoms with Gasteiger partial charge >= 0.3 is 6.09 Å². The van der Waals surface area contributed by atoms with E-state index in [1.807, 2.05) is 75.4 Å². The molecule has 1 saturated heterocycles. The molecule has 0 radical (unpaired) electrons. The Morgan fingerprint density at radius 3 is 2.32 bits per heavy atom. The number of aryl methyl sites for hydroxylation is 1. The van der Waals surface area contributed by atoms with Gasteiger partial charge in [-0.3, -0.25) is 4.79 Å². The number of aromatic nitrogens is 2. The summed E-state index contributed by atoms with van der Waals surface area (Å²) in [5.41, 5.74) is 1.75. The van der Waals surface area contributed by atoms with Gasteiger partial charge in [-0.2, -0.15) is 5.10 Å². The third kappa shape index (κ3) is 5.47. The molecule has 0 saturated carbocycles. The Labute approximate surface area is 199 Å². The number of para-hydroxylation sites is 2. The first-order valence-electron chi connectivity index (χ1n) is 11.6. The molecule has 1 aromatic heterocycles. The van der Waals surface area contributed by atoms with Crippen LogP contribution in [0.5, 0.6) is 11.5 Å². The maximum atomic E-state index is 12.6. The van der Waals surface area contributed by atoms with E-state index >= 15 is 0 Å². The number of hydrogen-bond donors (Lipinski definition) is 0. The molecule has 1 amide bonds. The van der Waals surface area contributed by atoms with Crippen molar-refractivity contribution in [3.63, 3.8) is 0 Å². The van der Waals surface area contributed by atoms with Gasteiger partial charge in [0.2, 0.25) is 0 Å². The van der Waals surface area contributed by atoms with Gasteiger partial charge in [0.15, 0.2) is 0 Å². The monoisotopic (exact) mass is 461 g/mol. The SMILES string of the molecule is Cn1nc(-c2ccccc2Oc2ccccc2)c(C2CCN(C(=O)OC(C)(C)C)CC2)cc1=O. The minimum absolute atomic E-state index is 0.0971. The van der Waals surface area contributed by atoms with Crippen LogP contribution in [-0.2, 0) is 11.8 Å². The lowest BCUT2D eigenvalue weighted by molar-refractivity contribution is 0.0205. The highest BCUT2D eigenvalue weighted by Gasteiger charge is 2.30. The molecule has 2 heterocycles. The van der Waals surface area contributed by atoms with Crippen LogP contribution < -0.4 is 10.3 Å². The molecule has 4 rings (SSSR count). The van der Waals surface area contributed by atoms with Crippen LogP contribution in [0.1, 0.15) is 45.1 Å². The van der Waals surface area contributed by atoms with Crippen molar-refractivity contribution in [3.05, 3.63) is 76.6 Å². The third-order valence-corrected chi connectivity index (χ3v) is 5.82. The molecule has 178 valence electrons. The van der Waals surface area contributed by atoms with E-state index in [1.54, 1.807) is 18.0 Å². The van der Waals surface area contributed by atoms with E-state index in [0.29, 0.717) is 18.8 Å². The van der Waals surface area contributed by atoms with Crippen LogP contribution in [0.15, 0.2) is 65.5 Å². The number of amides is 1. The van der Waals surface area contributed by atoms with Crippen molar-refractivity contribution in [1.29, 1.82) is 0 Å². The van der Waals surface area contributed by atoms with Crippen molar-refractivity contribution < 1.29 is 14.3 Å². The van der Waals surface area contributed by atoms with Gasteiger partial charge in [0, 0.05) is 31.8 Å². The second-order valence-electron chi connectivity index (χ2n) is 9.56. The van der Waals surface area contributed by atoms with E-state index in [1.165, 1.54) is 4.68 Å². The summed E-state index contributed by atoms with van der Waals surface area (Å²) >= 11 is 0. The maximum absolute atomic E-state index is 12.6. The van der Waals surface area contributed by atoms with Crippen LogP contribution in [0.2, 0.25) is 0 Å². The highest BCUT2D eigenvalue weighted by atomic mass is 16.6. The third-order valence-electron chi connectivity index (χ3n) is 5.82. The topological polar surface area (TPSA) is 73.7 Å². The minimum atomic E-state index is -0.529. The van der Waals surface area contributed by atoms with E-state index < -0.39 is 5.60 Å². The van der Waals surface area contributed by atoms with Crippen LogP contribution in [0, 0.1) is 0 Å². The van der Waals surface area contributed by atoms with Crippen LogP contribution in [0.4, 0.5) is 4.79 Å². The van der Waals surface area contributed by atoms with Gasteiger partial charge in [-0.05, 0) is 69.4 Å². The zero-order valence-electron chi connectivity index (χ0n) is 20.2. The number of ether oxygens (including phenoxy) is 2. The Morgan fingerprint density at radius 2 is 1.65 bits per heavy atom. The molecule has 0 atom stereocenters. The number of likely N-dealkylation sites (tertiary alicyclic amines) is 1. The highest BCUT2D eigenvalue weighted by molar-refractivity contribution is 5.71. The number of carbonyl (C=O) groups excluding carboxylic acids is 1. The summed E-state index contributed by atoms with van der Waals surface area (Å²) in [7, 11) is 1.65. The lowest BCUT2D eigenvalue weighted by Crippen LogP contribution is -2.41. The molecule has 7 heteroatoms. The molecule has 0 spiro atoms. The van der Waals surface area contributed by atoms with Gasteiger partial charge in [0.1, 0.15) is 17.1 Å². The van der Waals surface area contributed by atoms with Crippen LogP contribution in [0.3, 0.4) is 0 Å². The number of rotatable bonds is 4. The second kappa shape index (κ2) is 9.71. The fourth-order valence-electron chi connectivity index (χ4n) is 4.14. The smallest absolute Gasteiger partial charge is 0.410 e. The van der Waals surface area contributed by atoms with Crippen molar-refractivity contribution in [2.24, 2.45) is 7.05 Å². The Hall–Kier alpha value is -3.61. The highest BCUT2D eigenvalue weighted by Crippen LogP contribution is 2.38. The molecule has 1 aliphatic heterocycles. The quantitative estimate of drug-likeness (QED) is 0.523. The number of benzene rings is 2. The predicted octanol–water partition coefficient (Wildman–Crippen LogP) is 5.35. The van der Waals surface area contributed by atoms with Crippen molar-refractivity contribution in [1.82, 2.24) is 14.7 Å². The van der Waals surface area contributed by atoms with Gasteiger partial charge in [-0.1, -0.05) is 30.3 Å². The largest absolute Gasteiger partial charge is 0.457 e. The average molecular weight is 462 g/mol. The number of carbonyl (C=O) groups is 1. The fraction of sp³-hybridized carbons (Fsp3) is 0.370. The van der Waals surface area contributed by atoms with Crippen molar-refractivity contribution in [2.45, 2.75) is 45.1 Å². The molecule has 7 nitrogen and oxygen atoms in total. The molecule has 0 aliphatic carbocycles. The van der Waals surface area contributed by atoms with E-state index in [4.69, 9.17) is 9.47 Å². The summed E-state index contributed by atoms with van der Waals surface area (Å²) in [5, 5.41) is 4.64. The summed E-state index contributed by atoms with van der Waals surface area (Å²) in [6.45, 7) is 6.73. The number of piperidine rings is 1. The molecule has 34 heavy (non-hydrogen) atoms. The Kier molecular flexibility index (Phi) is 6.72. The minimum Gasteiger partial charge on any atom is -0.457 e. The summed E-state index contributed by atoms with van der Waals surface area (Å²) < 4.78 is 13.1. The van der Waals surface area contributed by atoms with E-state index in [0.717, 1.165) is 35.4 Å². The molecule has 0 bridgehead atoms. The first kappa shape index (κ1) is 23.5. The lowest BCUT2D eigenvalue weighted by Gasteiger charge is -2.34. The van der Waals surface area contributed by atoms with Gasteiger partial charge in [-0.25, -0.2) is 9.48 Å². The van der Waals surface area contributed by atoms with Crippen molar-refractivity contribution >= 4 is 6.09 Å². The normalized spacial score (nSPS) is 14.6. The van der Waals surface area contributed by atoms with Gasteiger partial charge in [0.05, 0.1) is 5.69 Å². The maximum Gasteiger partial charge on any atom is 0.410 e. The zero-order valence-corrected chi connectivity index (χ0v) is 20.2. The van der Waals surface area contributed by atoms with E-state index in [-0.39, 0.29) is 17.6 Å². The van der Waals surface area contributed by atoms with Gasteiger partial charge < -0.3 is 14.4 Å². The standard InChI is InChI=1S/C27H31N3O4/c1-27(2,3)34-26(32)30-16-14-19(15-17-30)22-18-24(31)29(4)28-25(22)21-12-8-9-13-23(21)33-20-10-6-5-7-11-20/h5-13,18-19H,14-17H2,1-4H3. The number of hydrogen-bond acceptors (Lipinski definition) is 5. The first-order chi connectivity index (χ1) is 16.2. The summed E-state index contributed by atoms with van der Waals surface area (Å²) in [6.07, 6.45) is 1.15. The molecular formula is C27H31N3O4. The van der Waals surface area contributed by atoms with Crippen LogP contribution in [0.25, 0.3) is 11.3 Å². The summed E-state index contributed by atoms with van der Waals surface area (Å²) in [4.78, 5) is 26.8. The van der Waals surface area contributed by atoms with E-state index in [2.05, 4.69) is 5.10 Å². The average Bonchev–Trinajstić information content (AvgIpc) is 2.81. The van der Waals surface area contributed by atoms with Crippen LogP contribution in [-0.4, -0.2) is 39.5 Å². The Bertz CT molecular complexity index is 1210. The fourth-order valence-corrected chi connectivity index (χ4v) is 4.14. The lowest BCUT2D eigenvalue weighted by atomic mass is 9.87. The first-order valence-corrected chi connectivity index (χ1v) is 11.6. The van der Waals surface area contributed by atoms with Gasteiger partial charge in [0.25, 0.3) is 5.56 Å². The van der Waals surface area contributed by atoms with Crippen molar-refractivity contribution in [2.75, 3.05) is 13.1 Å². The Balaban J connectivity index is 1.63.